The van der Waals surface area contributed by atoms with Crippen LogP contribution < -0.4 is 10.6 Å². The van der Waals surface area contributed by atoms with Crippen molar-refractivity contribution in [1.82, 2.24) is 10.6 Å². The van der Waals surface area contributed by atoms with E-state index in [1.165, 1.54) is 0 Å². The van der Waals surface area contributed by atoms with E-state index < -0.39 is 18.1 Å². The van der Waals surface area contributed by atoms with Crippen LogP contribution in [0.4, 0.5) is 4.79 Å². The summed E-state index contributed by atoms with van der Waals surface area (Å²) in [7, 11) is 0. The molecule has 3 N–H and O–H groups in total. The Bertz CT molecular complexity index is 860. The highest BCUT2D eigenvalue weighted by molar-refractivity contribution is 6.31. The highest BCUT2D eigenvalue weighted by Gasteiger charge is 2.21. The summed E-state index contributed by atoms with van der Waals surface area (Å²) >= 11 is 6.07. The van der Waals surface area contributed by atoms with Crippen molar-refractivity contribution in [1.29, 1.82) is 0 Å². The molecule has 0 aliphatic rings. The highest BCUT2D eigenvalue weighted by atomic mass is 35.5. The number of hydrogen-bond donors (Lipinski definition) is 3. The monoisotopic (exact) mass is 446 g/mol. The Hall–Kier alpha value is -3.06. The topological polar surface area (TPSA) is 105 Å². The van der Waals surface area contributed by atoms with Gasteiger partial charge in [0.25, 0.3) is 0 Å². The van der Waals surface area contributed by atoms with Gasteiger partial charge in [0.15, 0.2) is 0 Å². The van der Waals surface area contributed by atoms with Gasteiger partial charge in [-0.05, 0) is 30.0 Å². The van der Waals surface area contributed by atoms with Crippen molar-refractivity contribution in [3.63, 3.8) is 0 Å². The molecule has 31 heavy (non-hydrogen) atoms. The SMILES string of the molecule is O=C(CCCCCNC(=O)OCc1ccccc1)N[C@H](Cc1ccccc1Cl)C(=O)O. The van der Waals surface area contributed by atoms with Gasteiger partial charge in [-0.3, -0.25) is 4.79 Å². The average Bonchev–Trinajstić information content (AvgIpc) is 2.76. The van der Waals surface area contributed by atoms with E-state index in [0.717, 1.165) is 5.56 Å². The first-order valence-corrected chi connectivity index (χ1v) is 10.5. The molecular formula is C23H27ClN2O5. The number of benzene rings is 2. The van der Waals surface area contributed by atoms with Crippen LogP contribution in [0.2, 0.25) is 5.02 Å². The van der Waals surface area contributed by atoms with Crippen molar-refractivity contribution in [3.05, 3.63) is 70.7 Å². The number of hydrogen-bond acceptors (Lipinski definition) is 4. The van der Waals surface area contributed by atoms with Crippen molar-refractivity contribution in [2.75, 3.05) is 6.54 Å². The molecule has 0 unspecified atom stereocenters. The van der Waals surface area contributed by atoms with E-state index in [4.69, 9.17) is 16.3 Å². The molecule has 0 spiro atoms. The summed E-state index contributed by atoms with van der Waals surface area (Å²) < 4.78 is 5.12. The molecule has 0 fully saturated rings. The second kappa shape index (κ2) is 13.3. The summed E-state index contributed by atoms with van der Waals surface area (Å²) in [4.78, 5) is 35.2. The smallest absolute Gasteiger partial charge is 0.407 e. The fraction of sp³-hybridized carbons (Fsp3) is 0.348. The molecule has 166 valence electrons. The van der Waals surface area contributed by atoms with Gasteiger partial charge >= 0.3 is 12.1 Å². The third kappa shape index (κ3) is 9.53. The molecule has 0 aliphatic heterocycles. The second-order valence-electron chi connectivity index (χ2n) is 7.05. The van der Waals surface area contributed by atoms with E-state index in [-0.39, 0.29) is 25.4 Å². The van der Waals surface area contributed by atoms with Crippen LogP contribution in [0.15, 0.2) is 54.6 Å². The number of halogens is 1. The lowest BCUT2D eigenvalue weighted by atomic mass is 10.1. The van der Waals surface area contributed by atoms with Crippen LogP contribution in [0.3, 0.4) is 0 Å². The normalized spacial score (nSPS) is 11.4. The Morgan fingerprint density at radius 3 is 2.39 bits per heavy atom. The van der Waals surface area contributed by atoms with E-state index >= 15 is 0 Å². The van der Waals surface area contributed by atoms with Gasteiger partial charge in [0.05, 0.1) is 0 Å². The second-order valence-corrected chi connectivity index (χ2v) is 7.46. The minimum absolute atomic E-state index is 0.121. The summed E-state index contributed by atoms with van der Waals surface area (Å²) in [6.07, 6.45) is 1.85. The molecule has 2 aromatic carbocycles. The number of aliphatic carboxylic acids is 1. The number of carbonyl (C=O) groups is 3. The first-order chi connectivity index (χ1) is 15.0. The molecule has 1 atom stereocenters. The molecule has 0 bridgehead atoms. The van der Waals surface area contributed by atoms with E-state index in [1.807, 2.05) is 30.3 Å². The van der Waals surface area contributed by atoms with Gasteiger partial charge < -0.3 is 20.5 Å². The molecule has 0 saturated heterocycles. The largest absolute Gasteiger partial charge is 0.480 e. The van der Waals surface area contributed by atoms with Crippen LogP contribution in [0, 0.1) is 0 Å². The number of amides is 2. The predicted octanol–water partition coefficient (Wildman–Crippen LogP) is 3.94. The van der Waals surface area contributed by atoms with Gasteiger partial charge in [0.2, 0.25) is 5.91 Å². The van der Waals surface area contributed by atoms with Crippen LogP contribution >= 0.6 is 11.6 Å². The predicted molar refractivity (Wildman–Crippen MR) is 118 cm³/mol. The van der Waals surface area contributed by atoms with Gasteiger partial charge in [0.1, 0.15) is 12.6 Å². The minimum Gasteiger partial charge on any atom is -0.480 e. The van der Waals surface area contributed by atoms with E-state index in [0.29, 0.717) is 36.4 Å². The minimum atomic E-state index is -1.11. The summed E-state index contributed by atoms with van der Waals surface area (Å²) in [6, 6.07) is 15.3. The average molecular weight is 447 g/mol. The first kappa shape index (κ1) is 24.2. The fourth-order valence-corrected chi connectivity index (χ4v) is 3.12. The molecule has 0 saturated carbocycles. The maximum atomic E-state index is 12.1. The summed E-state index contributed by atoms with van der Waals surface area (Å²) in [5, 5.41) is 15.1. The Kier molecular flexibility index (Phi) is 10.4. The molecule has 0 aliphatic carbocycles. The van der Waals surface area contributed by atoms with E-state index in [9.17, 15) is 19.5 Å². The zero-order valence-corrected chi connectivity index (χ0v) is 17.9. The Morgan fingerprint density at radius 2 is 1.68 bits per heavy atom. The molecule has 0 radical (unpaired) electrons. The summed E-state index contributed by atoms with van der Waals surface area (Å²) in [6.45, 7) is 0.658. The van der Waals surface area contributed by atoms with Crippen molar-refractivity contribution < 1.29 is 24.2 Å². The number of rotatable bonds is 12. The number of carboxylic acids is 1. The molecule has 2 amide bonds. The number of nitrogens with one attached hydrogen (secondary N) is 2. The number of carbonyl (C=O) groups excluding carboxylic acids is 2. The number of carboxylic acid groups (broad SMARTS) is 1. The van der Waals surface area contributed by atoms with Gasteiger partial charge in [-0.25, -0.2) is 9.59 Å². The van der Waals surface area contributed by atoms with Gasteiger partial charge in [-0.2, -0.15) is 0 Å². The fourth-order valence-electron chi connectivity index (χ4n) is 2.90. The molecule has 2 rings (SSSR count). The van der Waals surface area contributed by atoms with Gasteiger partial charge in [0, 0.05) is 24.4 Å². The van der Waals surface area contributed by atoms with Gasteiger partial charge in [-0.15, -0.1) is 0 Å². The Balaban J connectivity index is 1.58. The quantitative estimate of drug-likeness (QED) is 0.428. The van der Waals surface area contributed by atoms with Crippen molar-refractivity contribution >= 4 is 29.6 Å². The van der Waals surface area contributed by atoms with Crippen LogP contribution in [0.1, 0.15) is 36.8 Å². The third-order valence-corrected chi connectivity index (χ3v) is 4.95. The first-order valence-electron chi connectivity index (χ1n) is 10.2. The summed E-state index contributed by atoms with van der Waals surface area (Å²) in [5.41, 5.74) is 1.58. The molecule has 7 nitrogen and oxygen atoms in total. The number of ether oxygens (including phenoxy) is 1. The third-order valence-electron chi connectivity index (χ3n) is 4.58. The maximum absolute atomic E-state index is 12.1. The summed E-state index contributed by atoms with van der Waals surface area (Å²) in [5.74, 6) is -1.43. The lowest BCUT2D eigenvalue weighted by molar-refractivity contribution is -0.141. The molecule has 0 aromatic heterocycles. The molecular weight excluding hydrogens is 420 g/mol. The van der Waals surface area contributed by atoms with Crippen LogP contribution in [-0.2, 0) is 27.4 Å². The number of alkyl carbamates (subject to hydrolysis) is 1. The van der Waals surface area contributed by atoms with Crippen molar-refractivity contribution in [2.24, 2.45) is 0 Å². The number of unbranched alkanes of at least 4 members (excludes halogenated alkanes) is 2. The zero-order chi connectivity index (χ0) is 22.5. The van der Waals surface area contributed by atoms with Gasteiger partial charge in [-0.1, -0.05) is 66.6 Å². The zero-order valence-electron chi connectivity index (χ0n) is 17.2. The van der Waals surface area contributed by atoms with Crippen LogP contribution in [0.5, 0.6) is 0 Å². The van der Waals surface area contributed by atoms with Crippen molar-refractivity contribution in [3.8, 4) is 0 Å². The van der Waals surface area contributed by atoms with Crippen molar-refractivity contribution in [2.45, 2.75) is 44.8 Å². The Morgan fingerprint density at radius 1 is 0.968 bits per heavy atom. The van der Waals surface area contributed by atoms with E-state index in [2.05, 4.69) is 10.6 Å². The lowest BCUT2D eigenvalue weighted by Gasteiger charge is -2.15. The molecule has 2 aromatic rings. The van der Waals surface area contributed by atoms with E-state index in [1.54, 1.807) is 24.3 Å². The molecule has 8 heteroatoms. The highest BCUT2D eigenvalue weighted by Crippen LogP contribution is 2.17. The van der Waals surface area contributed by atoms with Crippen LogP contribution in [-0.4, -0.2) is 35.7 Å². The standard InChI is InChI=1S/C23H27ClN2O5/c24-19-12-7-6-11-18(19)15-20(22(28)29)26-21(27)13-5-2-8-14-25-23(30)31-16-17-9-3-1-4-10-17/h1,3-4,6-7,9-12,20H,2,5,8,13-16H2,(H,25,30)(H,26,27)(H,28,29)/t20-/m1/s1. The van der Waals surface area contributed by atoms with Crippen LogP contribution in [0.25, 0.3) is 0 Å². The Labute approximate surface area is 186 Å². The maximum Gasteiger partial charge on any atom is 0.407 e. The lowest BCUT2D eigenvalue weighted by Crippen LogP contribution is -2.42. The molecule has 0 heterocycles.